The third-order valence-electron chi connectivity index (χ3n) is 3.86. The van der Waals surface area contributed by atoms with Crippen molar-refractivity contribution in [2.75, 3.05) is 13.1 Å². The van der Waals surface area contributed by atoms with E-state index in [9.17, 15) is 9.59 Å². The van der Waals surface area contributed by atoms with Gasteiger partial charge in [-0.25, -0.2) is 0 Å². The lowest BCUT2D eigenvalue weighted by molar-refractivity contribution is -0.131. The molecule has 1 rings (SSSR count). The highest BCUT2D eigenvalue weighted by atomic mass is 35.5. The highest BCUT2D eigenvalue weighted by molar-refractivity contribution is 6.30. The fourth-order valence-corrected chi connectivity index (χ4v) is 2.83. The van der Waals surface area contributed by atoms with Crippen LogP contribution in [0, 0.1) is 0 Å². The number of amides is 2. The van der Waals surface area contributed by atoms with Crippen molar-refractivity contribution in [1.29, 1.82) is 0 Å². The first-order valence-electron chi connectivity index (χ1n) is 8.80. The Labute approximate surface area is 150 Å². The molecule has 1 N–H and O–H groups in total. The molecule has 0 radical (unpaired) electrons. The van der Waals surface area contributed by atoms with E-state index >= 15 is 0 Å². The second kappa shape index (κ2) is 11.1. The first kappa shape index (κ1) is 20.5. The summed E-state index contributed by atoms with van der Waals surface area (Å²) in [6, 6.07) is 7.37. The first-order valence-corrected chi connectivity index (χ1v) is 9.18. The van der Waals surface area contributed by atoms with Crippen molar-refractivity contribution in [3.05, 3.63) is 34.9 Å². The van der Waals surface area contributed by atoms with Gasteiger partial charge in [0.15, 0.2) is 0 Å². The molecule has 134 valence electrons. The monoisotopic (exact) mass is 352 g/mol. The summed E-state index contributed by atoms with van der Waals surface area (Å²) in [5.74, 6) is 0.113. The van der Waals surface area contributed by atoms with Crippen LogP contribution in [0.4, 0.5) is 0 Å². The predicted octanol–water partition coefficient (Wildman–Crippen LogP) is 4.34. The molecule has 1 aromatic carbocycles. The summed E-state index contributed by atoms with van der Waals surface area (Å²) in [7, 11) is 0. The van der Waals surface area contributed by atoms with E-state index in [1.165, 1.54) is 0 Å². The second-order valence-corrected chi connectivity index (χ2v) is 6.51. The molecule has 1 atom stereocenters. The Kier molecular flexibility index (Phi) is 9.46. The van der Waals surface area contributed by atoms with Crippen LogP contribution in [0.5, 0.6) is 0 Å². The Morgan fingerprint density at radius 1 is 1.17 bits per heavy atom. The van der Waals surface area contributed by atoms with Crippen molar-refractivity contribution in [2.24, 2.45) is 0 Å². The molecule has 4 nitrogen and oxygen atoms in total. The van der Waals surface area contributed by atoms with Gasteiger partial charge in [-0.05, 0) is 43.9 Å². The molecule has 1 aromatic rings. The van der Waals surface area contributed by atoms with Crippen molar-refractivity contribution < 1.29 is 9.59 Å². The molecule has 0 fully saturated rings. The average molecular weight is 353 g/mol. The van der Waals surface area contributed by atoms with E-state index in [2.05, 4.69) is 19.2 Å². The number of rotatable bonds is 10. The Balaban J connectivity index is 2.36. The lowest BCUT2D eigenvalue weighted by Crippen LogP contribution is -2.32. The number of nitrogens with one attached hydrogen (secondary N) is 1. The van der Waals surface area contributed by atoms with Crippen molar-refractivity contribution in [3.63, 3.8) is 0 Å². The fraction of sp³-hybridized carbons (Fsp3) is 0.579. The van der Waals surface area contributed by atoms with Gasteiger partial charge in [0.05, 0.1) is 6.04 Å². The van der Waals surface area contributed by atoms with Crippen LogP contribution in [0.2, 0.25) is 5.02 Å². The van der Waals surface area contributed by atoms with Gasteiger partial charge in [-0.2, -0.15) is 0 Å². The van der Waals surface area contributed by atoms with Crippen LogP contribution in [0.1, 0.15) is 64.5 Å². The maximum atomic E-state index is 12.2. The van der Waals surface area contributed by atoms with Gasteiger partial charge in [0.25, 0.3) is 0 Å². The summed E-state index contributed by atoms with van der Waals surface area (Å²) < 4.78 is 0. The largest absolute Gasteiger partial charge is 0.350 e. The molecule has 0 bridgehead atoms. The van der Waals surface area contributed by atoms with Crippen LogP contribution < -0.4 is 5.32 Å². The van der Waals surface area contributed by atoms with Crippen LogP contribution in [-0.4, -0.2) is 29.8 Å². The Hall–Kier alpha value is -1.55. The van der Waals surface area contributed by atoms with E-state index in [0.717, 1.165) is 31.5 Å². The van der Waals surface area contributed by atoms with Gasteiger partial charge >= 0.3 is 0 Å². The summed E-state index contributed by atoms with van der Waals surface area (Å²) >= 11 is 5.97. The van der Waals surface area contributed by atoms with Gasteiger partial charge in [-0.1, -0.05) is 37.6 Å². The number of benzene rings is 1. The molecule has 1 unspecified atom stereocenters. The average Bonchev–Trinajstić information content (AvgIpc) is 2.54. The number of carbonyl (C=O) groups excluding carboxylic acids is 2. The molecule has 0 saturated heterocycles. The second-order valence-electron chi connectivity index (χ2n) is 6.08. The summed E-state index contributed by atoms with van der Waals surface area (Å²) in [6.07, 6.45) is 3.30. The number of nitrogens with zero attached hydrogens (tertiary/aromatic N) is 1. The van der Waals surface area contributed by atoms with Gasteiger partial charge in [0.1, 0.15) is 0 Å². The molecule has 24 heavy (non-hydrogen) atoms. The number of hydrogen-bond acceptors (Lipinski definition) is 2. The van der Waals surface area contributed by atoms with E-state index in [-0.39, 0.29) is 17.9 Å². The molecular formula is C19H29ClN2O2. The molecule has 0 heterocycles. The summed E-state index contributed by atoms with van der Waals surface area (Å²) in [4.78, 5) is 26.1. The van der Waals surface area contributed by atoms with Crippen LogP contribution in [0.3, 0.4) is 0 Å². The third kappa shape index (κ3) is 7.35. The van der Waals surface area contributed by atoms with Crippen molar-refractivity contribution >= 4 is 23.4 Å². The lowest BCUT2D eigenvalue weighted by Gasteiger charge is -2.21. The third-order valence-corrected chi connectivity index (χ3v) is 4.10. The number of hydrogen-bond donors (Lipinski definition) is 1. The van der Waals surface area contributed by atoms with E-state index < -0.39 is 0 Å². The summed E-state index contributed by atoms with van der Waals surface area (Å²) in [5.41, 5.74) is 0.976. The molecule has 0 aliphatic carbocycles. The topological polar surface area (TPSA) is 49.4 Å². The maximum Gasteiger partial charge on any atom is 0.222 e. The van der Waals surface area contributed by atoms with Crippen molar-refractivity contribution in [2.45, 2.75) is 58.9 Å². The van der Waals surface area contributed by atoms with Crippen LogP contribution in [0.15, 0.2) is 24.3 Å². The molecule has 0 aliphatic rings. The minimum atomic E-state index is -0.0939. The molecule has 0 aliphatic heterocycles. The van der Waals surface area contributed by atoms with Crippen LogP contribution in [0.25, 0.3) is 0 Å². The molecule has 0 saturated carbocycles. The Morgan fingerprint density at radius 2 is 1.83 bits per heavy atom. The Bertz CT molecular complexity index is 528. The summed E-state index contributed by atoms with van der Waals surface area (Å²) in [5, 5.41) is 3.61. The maximum absolute atomic E-state index is 12.2. The first-order chi connectivity index (χ1) is 11.5. The minimum absolute atomic E-state index is 0.0344. The van der Waals surface area contributed by atoms with Crippen LogP contribution in [-0.2, 0) is 9.59 Å². The van der Waals surface area contributed by atoms with Gasteiger partial charge in [-0.15, -0.1) is 0 Å². The van der Waals surface area contributed by atoms with E-state index in [1.54, 1.807) is 0 Å². The normalized spacial score (nSPS) is 11.8. The van der Waals surface area contributed by atoms with Gasteiger partial charge in [0, 0.05) is 31.0 Å². The summed E-state index contributed by atoms with van der Waals surface area (Å²) in [6.45, 7) is 7.66. The molecule has 2 amide bonds. The van der Waals surface area contributed by atoms with Crippen molar-refractivity contribution in [1.82, 2.24) is 10.2 Å². The molecule has 5 heteroatoms. The zero-order valence-electron chi connectivity index (χ0n) is 15.0. The predicted molar refractivity (Wildman–Crippen MR) is 99.0 cm³/mol. The van der Waals surface area contributed by atoms with E-state index in [0.29, 0.717) is 24.3 Å². The fourth-order valence-electron chi connectivity index (χ4n) is 2.63. The number of halogens is 1. The van der Waals surface area contributed by atoms with Crippen molar-refractivity contribution in [3.8, 4) is 0 Å². The van der Waals surface area contributed by atoms with Gasteiger partial charge in [0.2, 0.25) is 11.8 Å². The molecule has 0 spiro atoms. The standard InChI is InChI=1S/C19H29ClN2O2/c1-4-12-22(13-5-2)19(24)11-7-10-18(23)21-15(3)16-8-6-9-17(20)14-16/h6,8-9,14-15H,4-5,7,10-13H2,1-3H3,(H,21,23). The quantitative estimate of drug-likeness (QED) is 0.681. The number of carbonyl (C=O) groups is 2. The van der Waals surface area contributed by atoms with Crippen LogP contribution >= 0.6 is 11.6 Å². The smallest absolute Gasteiger partial charge is 0.222 e. The van der Waals surface area contributed by atoms with Gasteiger partial charge in [-0.3, -0.25) is 9.59 Å². The van der Waals surface area contributed by atoms with Gasteiger partial charge < -0.3 is 10.2 Å². The zero-order chi connectivity index (χ0) is 17.9. The lowest BCUT2D eigenvalue weighted by atomic mass is 10.1. The molecule has 0 aromatic heterocycles. The minimum Gasteiger partial charge on any atom is -0.350 e. The SMILES string of the molecule is CCCN(CCC)C(=O)CCCC(=O)NC(C)c1cccc(Cl)c1. The van der Waals surface area contributed by atoms with E-state index in [4.69, 9.17) is 11.6 Å². The zero-order valence-corrected chi connectivity index (χ0v) is 15.7. The Morgan fingerprint density at radius 3 is 2.42 bits per heavy atom. The highest BCUT2D eigenvalue weighted by Gasteiger charge is 2.13. The molecular weight excluding hydrogens is 324 g/mol. The van der Waals surface area contributed by atoms with E-state index in [1.807, 2.05) is 36.1 Å². The highest BCUT2D eigenvalue weighted by Crippen LogP contribution is 2.17.